The first kappa shape index (κ1) is 83.5. The van der Waals surface area contributed by atoms with E-state index in [4.69, 9.17) is 47.2 Å². The molecule has 4 fully saturated rings. The smallest absolute Gasteiger partial charge is 0.431 e. The van der Waals surface area contributed by atoms with E-state index in [-0.39, 0.29) is 27.9 Å². The molecule has 4 N–H and O–H groups in total. The highest BCUT2D eigenvalue weighted by molar-refractivity contribution is 6.34. The third-order valence-electron chi connectivity index (χ3n) is 25.9. The molecule has 0 radical (unpaired) electrons. The minimum Gasteiger partial charge on any atom is -0.482 e. The van der Waals surface area contributed by atoms with Crippen LogP contribution in [0.1, 0.15) is 163 Å². The Morgan fingerprint density at radius 3 is 1.66 bits per heavy atom. The summed E-state index contributed by atoms with van der Waals surface area (Å²) in [7, 11) is 3.91. The standard InChI is InChI=1S/C26H25F3N2O4.C25H27N3O3.C24H22N4O2.C23H20Cl2N2O2.3H2/c1-24(34,16-32)18-8-6-17(7-9-18)23(33)30-14-12-25(13-15-30)21-10-11-22(26(27,28)29)31(21)19-4-2-3-5-20(19)35-25;1-24(2,30)18-10-8-17(9-11-18)23(29)28-14-12-25(13-15-28)20-16-27(3)26-22(20)19-6-4-5-7-21(19)31-25;1-27-22-18-4-2-3-5-21(18)30-24(19(22)15-26-27)9-12-28(13-10-24)23(29)17-7-6-16-8-11-25-20(16)14-17;1-15-4-6-17(18(25)13-15)22(28)26-11-8-23(9-12-26)21-3-2-10-27(21)19-7-5-16(24)14-20(19)29-23;;;/h2-11,32,34H,12-16H2,1H3;4-11,16,30H,12-15H2,1-3H3;2-8,11,14-15,25H,9-10,12-13H2,1H3;2-7,10,13-14H,8-9,11-12H2,1H3;3*1H/t24-;;;;;;/m0....../s1. The predicted octanol–water partition coefficient (Wildman–Crippen LogP) is 18.5. The van der Waals surface area contributed by atoms with Crippen molar-refractivity contribution in [2.24, 2.45) is 14.1 Å². The van der Waals surface area contributed by atoms with Gasteiger partial charge < -0.3 is 68.0 Å². The number of aromatic amines is 1. The molecule has 21 rings (SSSR count). The molecular weight excluding hydrogens is 1640 g/mol. The van der Waals surface area contributed by atoms with E-state index in [9.17, 15) is 47.7 Å². The van der Waals surface area contributed by atoms with Gasteiger partial charge in [-0.15, -0.1) is 0 Å². The van der Waals surface area contributed by atoms with Crippen molar-refractivity contribution in [1.82, 2.24) is 53.3 Å². The lowest BCUT2D eigenvalue weighted by molar-refractivity contribution is -0.143. The Morgan fingerprint density at radius 2 is 1.05 bits per heavy atom. The monoisotopic (exact) mass is 1730 g/mol. The Bertz CT molecular complexity index is 6330. The van der Waals surface area contributed by atoms with Crippen LogP contribution in [0, 0.1) is 6.92 Å². The van der Waals surface area contributed by atoms with Crippen LogP contribution in [-0.4, -0.2) is 151 Å². The number of amides is 4. The third kappa shape index (κ3) is 15.4. The van der Waals surface area contributed by atoms with E-state index in [0.717, 1.165) is 109 Å². The SMILES string of the molecule is C[C@](O)(CO)c1ccc(C(=O)N2CCC3(CC2)Oc2ccccc2-n2c(C(F)(F)F)ccc23)cc1.Cc1ccc(C(=O)N2CCC3(CC2)Oc2cc(Cl)ccc2-n2cccc23)c(Cl)c1.Cn1cc2c(n1)-c1ccccc1OC21CCN(C(=O)c2ccc(C(C)(C)O)cc2)CC1.Cn1ncc2c1-c1ccccc1OC21CCN(C(=O)c2ccc3cc[nH]c3c2)CC1.[HH].[HH].[HH]. The number of carbonyl (C=O) groups is 4. The number of aryl methyl sites for hydroxylation is 3. The maximum atomic E-state index is 13.8. The summed E-state index contributed by atoms with van der Waals surface area (Å²) in [6, 6.07) is 62.3. The van der Waals surface area contributed by atoms with Gasteiger partial charge in [-0.2, -0.15) is 23.4 Å². The van der Waals surface area contributed by atoms with Gasteiger partial charge >= 0.3 is 6.18 Å². The fourth-order valence-electron chi connectivity index (χ4n) is 18.9. The number of aliphatic hydroxyl groups excluding tert-OH is 1. The van der Waals surface area contributed by atoms with Crippen LogP contribution in [0.3, 0.4) is 0 Å². The molecule has 4 spiro atoms. The summed E-state index contributed by atoms with van der Waals surface area (Å²) in [4.78, 5) is 62.9. The number of piperidine rings is 4. The Labute approximate surface area is 734 Å². The summed E-state index contributed by atoms with van der Waals surface area (Å²) in [5.41, 5.74) is 9.57. The van der Waals surface area contributed by atoms with Crippen LogP contribution in [0.5, 0.6) is 23.0 Å². The van der Waals surface area contributed by atoms with Gasteiger partial charge in [-0.05, 0) is 177 Å². The van der Waals surface area contributed by atoms with Crippen molar-refractivity contribution in [2.75, 3.05) is 59.0 Å². The number of nitrogens with zero attached hydrogens (tertiary/aromatic N) is 10. The Balaban J connectivity index is 0.000000131. The van der Waals surface area contributed by atoms with Gasteiger partial charge in [-0.1, -0.05) is 96.0 Å². The number of aromatic nitrogens is 7. The molecule has 0 saturated carbocycles. The van der Waals surface area contributed by atoms with E-state index in [0.29, 0.717) is 140 Å². The molecule has 4 amide bonds. The second-order valence-electron chi connectivity index (χ2n) is 34.3. The van der Waals surface area contributed by atoms with Crippen molar-refractivity contribution in [3.63, 3.8) is 0 Å². The second kappa shape index (κ2) is 32.3. The number of rotatable bonds is 7. The minimum atomic E-state index is -4.52. The maximum Gasteiger partial charge on any atom is 0.431 e. The highest BCUT2D eigenvalue weighted by atomic mass is 35.5. The van der Waals surface area contributed by atoms with E-state index >= 15 is 0 Å². The summed E-state index contributed by atoms with van der Waals surface area (Å²) in [5, 5.41) is 41.2. The molecule has 125 heavy (non-hydrogen) atoms. The minimum absolute atomic E-state index is 0. The van der Waals surface area contributed by atoms with Crippen molar-refractivity contribution in [2.45, 2.75) is 119 Å². The number of halogens is 5. The van der Waals surface area contributed by atoms with E-state index in [1.165, 1.54) is 17.6 Å². The van der Waals surface area contributed by atoms with Crippen molar-refractivity contribution in [3.05, 3.63) is 308 Å². The van der Waals surface area contributed by atoms with Crippen LogP contribution >= 0.6 is 23.2 Å². The Hall–Kier alpha value is -12.4. The first-order chi connectivity index (χ1) is 59.9. The van der Waals surface area contributed by atoms with E-state index in [1.54, 1.807) is 79.4 Å². The largest absolute Gasteiger partial charge is 0.482 e. The first-order valence-corrected chi connectivity index (χ1v) is 42.8. The molecule has 8 aliphatic heterocycles. The number of carbonyl (C=O) groups excluding carboxylic acids is 4. The molecule has 0 bridgehead atoms. The van der Waals surface area contributed by atoms with Gasteiger partial charge in [-0.3, -0.25) is 28.5 Å². The summed E-state index contributed by atoms with van der Waals surface area (Å²) in [6.45, 7) is 10.8. The van der Waals surface area contributed by atoms with Crippen LogP contribution < -0.4 is 18.9 Å². The Morgan fingerprint density at radius 1 is 0.520 bits per heavy atom. The fraction of sp³-hybridized carbons (Fsp3) is 0.306. The third-order valence-corrected chi connectivity index (χ3v) is 26.4. The molecular formula is C98H100Cl2F3N11O11. The van der Waals surface area contributed by atoms with Crippen molar-refractivity contribution < 1.29 is 70.9 Å². The fourth-order valence-corrected chi connectivity index (χ4v) is 19.4. The molecule has 13 heterocycles. The van der Waals surface area contributed by atoms with Gasteiger partial charge in [0.1, 0.15) is 51.2 Å². The number of hydrogen-bond acceptors (Lipinski definition) is 13. The van der Waals surface area contributed by atoms with Gasteiger partial charge in [0.05, 0.1) is 57.4 Å². The lowest BCUT2D eigenvalue weighted by atomic mass is 9.81. The number of para-hydroxylation sites is 4. The average molecular weight is 1740 g/mol. The quantitative estimate of drug-likeness (QED) is 0.116. The molecule has 4 saturated heterocycles. The topological polar surface area (TPSA) is 240 Å². The van der Waals surface area contributed by atoms with Gasteiger partial charge in [0.15, 0.2) is 11.2 Å². The van der Waals surface area contributed by atoms with Crippen LogP contribution in [0.2, 0.25) is 10.0 Å². The summed E-state index contributed by atoms with van der Waals surface area (Å²) in [6.07, 6.45) is 8.43. The van der Waals surface area contributed by atoms with Crippen LogP contribution in [0.15, 0.2) is 231 Å². The number of ether oxygens (including phenoxy) is 4. The molecule has 13 aromatic rings. The summed E-state index contributed by atoms with van der Waals surface area (Å²) < 4.78 is 74.6. The molecule has 0 aliphatic carbocycles. The number of benzene rings is 8. The lowest BCUT2D eigenvalue weighted by Gasteiger charge is -2.45. The highest BCUT2D eigenvalue weighted by Crippen LogP contribution is 2.54. The lowest BCUT2D eigenvalue weighted by Crippen LogP contribution is -2.50. The average Bonchev–Trinajstić information content (AvgIpc) is 1.53. The number of alkyl halides is 3. The number of fused-ring (bicyclic) bond motifs is 17. The first-order valence-electron chi connectivity index (χ1n) is 42.1. The van der Waals surface area contributed by atoms with Gasteiger partial charge in [0.25, 0.3) is 23.6 Å². The zero-order valence-corrected chi connectivity index (χ0v) is 71.4. The van der Waals surface area contributed by atoms with Gasteiger partial charge in [-0.25, -0.2) is 0 Å². The van der Waals surface area contributed by atoms with E-state index in [2.05, 4.69) is 39.2 Å². The number of hydrogen-bond donors (Lipinski definition) is 4. The number of H-pyrrole nitrogens is 1. The van der Waals surface area contributed by atoms with Gasteiger partial charge in [0, 0.05) is 196 Å². The zero-order valence-electron chi connectivity index (χ0n) is 69.9. The summed E-state index contributed by atoms with van der Waals surface area (Å²) in [5.74, 6) is 2.76. The predicted molar refractivity (Wildman–Crippen MR) is 474 cm³/mol. The second-order valence-corrected chi connectivity index (χ2v) is 35.2. The normalized spacial score (nSPS) is 17.4. The molecule has 8 aromatic carbocycles. The molecule has 5 aromatic heterocycles. The van der Waals surface area contributed by atoms with Crippen molar-refractivity contribution in [3.8, 4) is 56.9 Å². The zero-order chi connectivity index (χ0) is 87.3. The molecule has 648 valence electrons. The molecule has 8 aliphatic rings. The van der Waals surface area contributed by atoms with E-state index in [1.807, 2.05) is 179 Å². The number of nitrogens with one attached hydrogen (secondary N) is 1. The van der Waals surface area contributed by atoms with Crippen molar-refractivity contribution in [1.29, 1.82) is 0 Å². The number of aliphatic hydroxyl groups is 3. The van der Waals surface area contributed by atoms with Crippen LogP contribution in [-0.2, 0) is 53.9 Å². The molecule has 0 unspecified atom stereocenters. The molecule has 22 nitrogen and oxygen atoms in total. The van der Waals surface area contributed by atoms with Crippen LogP contribution in [0.25, 0.3) is 44.8 Å². The van der Waals surface area contributed by atoms with Crippen LogP contribution in [0.4, 0.5) is 13.2 Å². The van der Waals surface area contributed by atoms with E-state index < -0.39 is 52.1 Å². The molecule has 1 atom stereocenters. The summed E-state index contributed by atoms with van der Waals surface area (Å²) >= 11 is 12.5. The maximum absolute atomic E-state index is 13.8. The van der Waals surface area contributed by atoms with Gasteiger partial charge in [0.2, 0.25) is 0 Å². The molecule has 27 heteroatoms. The Kier molecular flexibility index (Phi) is 21.6. The highest BCUT2D eigenvalue weighted by Gasteiger charge is 2.52. The van der Waals surface area contributed by atoms with Crippen molar-refractivity contribution >= 4 is 57.7 Å². The number of likely N-dealkylation sites (tertiary alicyclic amines) is 4.